The van der Waals surface area contributed by atoms with Crippen molar-refractivity contribution in [2.45, 2.75) is 83.5 Å². The average molecular weight is 581 g/mol. The summed E-state index contributed by atoms with van der Waals surface area (Å²) in [7, 11) is 0. The van der Waals surface area contributed by atoms with Crippen molar-refractivity contribution in [2.24, 2.45) is 10.9 Å². The summed E-state index contributed by atoms with van der Waals surface area (Å²) in [5.41, 5.74) is 3.08. The van der Waals surface area contributed by atoms with Gasteiger partial charge in [-0.15, -0.1) is 0 Å². The van der Waals surface area contributed by atoms with Crippen LogP contribution in [0.1, 0.15) is 76.3 Å². The normalized spacial score (nSPS) is 21.7. The Bertz CT molecular complexity index is 1230. The molecule has 8 nitrogen and oxygen atoms in total. The number of aliphatic imine (C=N–C) groups is 1. The van der Waals surface area contributed by atoms with E-state index in [9.17, 15) is 25.1 Å². The Hall–Kier alpha value is -3.25. The maximum Gasteiger partial charge on any atom is 0.254 e. The lowest BCUT2D eigenvalue weighted by Gasteiger charge is -2.36. The number of aliphatic hydroxyl groups excluding tert-OH is 2. The Labute approximate surface area is 248 Å². The van der Waals surface area contributed by atoms with Crippen LogP contribution in [-0.4, -0.2) is 64.0 Å². The first-order valence-electron chi connectivity index (χ1n) is 14.5. The predicted molar refractivity (Wildman–Crippen MR) is 162 cm³/mol. The minimum atomic E-state index is -1.91. The van der Waals surface area contributed by atoms with Crippen molar-refractivity contribution < 1.29 is 19.8 Å². The summed E-state index contributed by atoms with van der Waals surface area (Å²) < 4.78 is 0. The van der Waals surface area contributed by atoms with Crippen LogP contribution in [0.25, 0.3) is 5.57 Å². The molecule has 1 heterocycles. The van der Waals surface area contributed by atoms with Crippen LogP contribution in [0.3, 0.4) is 0 Å². The van der Waals surface area contributed by atoms with Gasteiger partial charge in [0.05, 0.1) is 18.2 Å². The summed E-state index contributed by atoms with van der Waals surface area (Å²) >= 11 is 6.26. The van der Waals surface area contributed by atoms with Crippen LogP contribution in [0.4, 0.5) is 0 Å². The van der Waals surface area contributed by atoms with E-state index in [2.05, 4.69) is 22.5 Å². The number of nitriles is 1. The van der Waals surface area contributed by atoms with Gasteiger partial charge in [-0.1, -0.05) is 61.4 Å². The molecule has 1 aliphatic heterocycles. The van der Waals surface area contributed by atoms with Crippen LogP contribution in [-0.2, 0) is 9.59 Å². The Morgan fingerprint density at radius 3 is 2.76 bits per heavy atom. The zero-order valence-corrected chi connectivity index (χ0v) is 24.7. The molecule has 9 heteroatoms. The average Bonchev–Trinajstić information content (AvgIpc) is 3.22. The molecule has 0 spiro atoms. The lowest BCUT2D eigenvalue weighted by molar-refractivity contribution is -0.155. The van der Waals surface area contributed by atoms with E-state index >= 15 is 0 Å². The smallest absolute Gasteiger partial charge is 0.254 e. The van der Waals surface area contributed by atoms with Gasteiger partial charge in [0.2, 0.25) is 0 Å². The molecule has 4 atom stereocenters. The lowest BCUT2D eigenvalue weighted by Crippen LogP contribution is -2.54. The number of halogens is 1. The molecule has 220 valence electrons. The highest BCUT2D eigenvalue weighted by atomic mass is 35.5. The number of nitrogens with zero attached hydrogens (tertiary/aromatic N) is 3. The van der Waals surface area contributed by atoms with Crippen molar-refractivity contribution in [3.8, 4) is 6.07 Å². The summed E-state index contributed by atoms with van der Waals surface area (Å²) in [4.78, 5) is 32.3. The molecule has 0 saturated carbocycles. The summed E-state index contributed by atoms with van der Waals surface area (Å²) in [6.45, 7) is 4.44. The number of rotatable bonds is 11. The highest BCUT2D eigenvalue weighted by Gasteiger charge is 2.36. The van der Waals surface area contributed by atoms with E-state index in [4.69, 9.17) is 11.6 Å². The molecule has 3 N–H and O–H groups in total. The Balaban J connectivity index is 1.63. The number of hydrogen-bond acceptors (Lipinski definition) is 6. The molecule has 1 aliphatic carbocycles. The fourth-order valence-corrected chi connectivity index (χ4v) is 5.35. The summed E-state index contributed by atoms with van der Waals surface area (Å²) in [6.07, 6.45) is 9.92. The minimum Gasteiger partial charge on any atom is -0.380 e. The van der Waals surface area contributed by atoms with Gasteiger partial charge in [0, 0.05) is 29.5 Å². The number of unbranched alkanes of at least 4 members (excludes halogenated alkanes) is 1. The van der Waals surface area contributed by atoms with Crippen molar-refractivity contribution in [1.82, 2.24) is 10.2 Å². The third-order valence-corrected chi connectivity index (χ3v) is 8.06. The van der Waals surface area contributed by atoms with Crippen LogP contribution >= 0.6 is 11.6 Å². The van der Waals surface area contributed by atoms with Crippen molar-refractivity contribution >= 4 is 34.7 Å². The second-order valence-corrected chi connectivity index (χ2v) is 11.1. The third-order valence-electron chi connectivity index (χ3n) is 7.72. The van der Waals surface area contributed by atoms with Crippen LogP contribution in [0.5, 0.6) is 0 Å². The number of amides is 2. The zero-order valence-electron chi connectivity index (χ0n) is 23.9. The molecule has 3 unspecified atom stereocenters. The molecule has 3 rings (SSSR count). The molecule has 0 bridgehead atoms. The molecule has 0 aromatic heterocycles. The van der Waals surface area contributed by atoms with Gasteiger partial charge in [-0.3, -0.25) is 14.6 Å². The number of allylic oxidation sites excluding steroid dienone is 4. The molecule has 1 aromatic rings. The summed E-state index contributed by atoms with van der Waals surface area (Å²) in [6, 6.07) is 9.33. The van der Waals surface area contributed by atoms with Gasteiger partial charge in [0.15, 0.2) is 12.2 Å². The molecule has 0 saturated heterocycles. The van der Waals surface area contributed by atoms with E-state index < -0.39 is 24.0 Å². The van der Waals surface area contributed by atoms with Gasteiger partial charge in [0.1, 0.15) is 0 Å². The van der Waals surface area contributed by atoms with Crippen LogP contribution in [0.15, 0.2) is 58.7 Å². The van der Waals surface area contributed by atoms with Crippen LogP contribution in [0.2, 0.25) is 0 Å². The molecule has 2 amide bonds. The fraction of sp³-hybridized carbons (Fsp3) is 0.500. The fourth-order valence-electron chi connectivity index (χ4n) is 5.15. The second kappa shape index (κ2) is 16.3. The van der Waals surface area contributed by atoms with E-state index in [-0.39, 0.29) is 18.5 Å². The summed E-state index contributed by atoms with van der Waals surface area (Å²) in [5.74, 6) is -1.47. The number of benzene rings is 1. The predicted octanol–water partition coefficient (Wildman–Crippen LogP) is 4.86. The van der Waals surface area contributed by atoms with E-state index in [0.29, 0.717) is 30.7 Å². The number of aliphatic hydroxyl groups is 2. The lowest BCUT2D eigenvalue weighted by atomic mass is 9.91. The largest absolute Gasteiger partial charge is 0.380 e. The molecule has 0 fully saturated rings. The molecule has 2 aliphatic rings. The standard InChI is InChI=1S/C32H41ClN4O4/c1-3-4-18-37(22(2)23-10-5-7-13-26(33)17-16-23)32(41)30(39)29(38)31(40)36-21-27-14-9-12-25(20-35-27)28-15-8-6-11-24(28)19-34/h5-6,8,10-11,13,15,20,22-23,29-30,38-39H,3-4,7,9,12,14,16-18,21H2,1-2H3,(H,36,40)/b10-5-,26-13+/t22?,23-,29?,30?/m1/s1. The highest BCUT2D eigenvalue weighted by molar-refractivity contribution is 6.29. The van der Waals surface area contributed by atoms with Gasteiger partial charge in [-0.25, -0.2) is 0 Å². The Morgan fingerprint density at radius 2 is 2.00 bits per heavy atom. The first kappa shape index (κ1) is 32.3. The van der Waals surface area contributed by atoms with Gasteiger partial charge < -0.3 is 20.4 Å². The molecule has 41 heavy (non-hydrogen) atoms. The van der Waals surface area contributed by atoms with Crippen molar-refractivity contribution in [1.29, 1.82) is 5.26 Å². The number of hydrogen-bond donors (Lipinski definition) is 3. The quantitative estimate of drug-likeness (QED) is 0.322. The van der Waals surface area contributed by atoms with E-state index in [0.717, 1.165) is 54.7 Å². The minimum absolute atomic E-state index is 0.0303. The Morgan fingerprint density at radius 1 is 1.22 bits per heavy atom. The summed E-state index contributed by atoms with van der Waals surface area (Å²) in [5, 5.41) is 34.3. The highest BCUT2D eigenvalue weighted by Crippen LogP contribution is 2.27. The Kier molecular flexibility index (Phi) is 12.8. The van der Waals surface area contributed by atoms with Crippen LogP contribution < -0.4 is 5.32 Å². The van der Waals surface area contributed by atoms with E-state index in [1.165, 1.54) is 0 Å². The van der Waals surface area contributed by atoms with Crippen molar-refractivity contribution in [3.63, 3.8) is 0 Å². The molecular formula is C32H41ClN4O4. The first-order valence-corrected chi connectivity index (χ1v) is 14.8. The number of carbonyl (C=O) groups is 2. The van der Waals surface area contributed by atoms with Gasteiger partial charge in [0.25, 0.3) is 11.8 Å². The van der Waals surface area contributed by atoms with E-state index in [1.807, 2.05) is 44.2 Å². The third kappa shape index (κ3) is 9.12. The topological polar surface area (TPSA) is 126 Å². The monoisotopic (exact) mass is 580 g/mol. The SMILES string of the molecule is CCCCN(C(=O)C(O)C(O)C(=O)NCC1=NC=C(c2ccccc2C#N)CCC1)C(C)[C@@H]1/C=C\C/C=C(/Cl)CC1. The zero-order chi connectivity index (χ0) is 29.8. The molecular weight excluding hydrogens is 540 g/mol. The molecule has 0 radical (unpaired) electrons. The number of nitrogens with one attached hydrogen (secondary N) is 1. The maximum absolute atomic E-state index is 13.4. The first-order chi connectivity index (χ1) is 19.8. The second-order valence-electron chi connectivity index (χ2n) is 10.6. The van der Waals surface area contributed by atoms with Crippen molar-refractivity contribution in [2.75, 3.05) is 13.1 Å². The number of carbonyl (C=O) groups excluding carboxylic acids is 2. The van der Waals surface area contributed by atoms with Gasteiger partial charge in [-0.05, 0) is 75.0 Å². The van der Waals surface area contributed by atoms with Crippen molar-refractivity contribution in [3.05, 3.63) is 64.9 Å². The molecule has 1 aromatic carbocycles. The van der Waals surface area contributed by atoms with Gasteiger partial charge in [-0.2, -0.15) is 5.26 Å². The van der Waals surface area contributed by atoms with E-state index in [1.54, 1.807) is 17.2 Å². The van der Waals surface area contributed by atoms with Crippen LogP contribution in [0, 0.1) is 17.2 Å². The van der Waals surface area contributed by atoms with Gasteiger partial charge >= 0.3 is 0 Å². The maximum atomic E-state index is 13.4.